The van der Waals surface area contributed by atoms with E-state index in [2.05, 4.69) is 37.6 Å². The van der Waals surface area contributed by atoms with E-state index >= 15 is 0 Å². The Labute approximate surface area is 195 Å². The van der Waals surface area contributed by atoms with Gasteiger partial charge in [0.2, 0.25) is 0 Å². The van der Waals surface area contributed by atoms with Crippen LogP contribution in [0.15, 0.2) is 18.2 Å². The first-order valence-corrected chi connectivity index (χ1v) is 11.5. The van der Waals surface area contributed by atoms with Gasteiger partial charge in [-0.2, -0.15) is 0 Å². The SMILES string of the molecule is COc1cc(C(=O)N2CCN(c3cc(C)nc(C(C)C)n3)CC2)cc(Cl)c1OCC(C)C. The lowest BCUT2D eigenvalue weighted by atomic mass is 10.1. The third kappa shape index (κ3) is 5.63. The van der Waals surface area contributed by atoms with E-state index in [0.29, 0.717) is 60.8 Å². The van der Waals surface area contributed by atoms with Gasteiger partial charge in [0.15, 0.2) is 11.5 Å². The molecular weight excluding hydrogens is 428 g/mol. The van der Waals surface area contributed by atoms with Crippen molar-refractivity contribution >= 4 is 23.3 Å². The molecule has 1 saturated heterocycles. The maximum Gasteiger partial charge on any atom is 0.254 e. The molecule has 2 heterocycles. The highest BCUT2D eigenvalue weighted by atomic mass is 35.5. The number of benzene rings is 1. The van der Waals surface area contributed by atoms with Crippen LogP contribution in [0.3, 0.4) is 0 Å². The molecular formula is C24H33ClN4O3. The summed E-state index contributed by atoms with van der Waals surface area (Å²) in [5, 5.41) is 0.379. The minimum absolute atomic E-state index is 0.0676. The summed E-state index contributed by atoms with van der Waals surface area (Å²) in [4.78, 5) is 26.5. The second-order valence-electron chi connectivity index (χ2n) is 8.85. The van der Waals surface area contributed by atoms with Crippen LogP contribution < -0.4 is 14.4 Å². The van der Waals surface area contributed by atoms with Crippen LogP contribution in [0.4, 0.5) is 5.82 Å². The summed E-state index contributed by atoms with van der Waals surface area (Å²) in [7, 11) is 1.55. The molecule has 8 heteroatoms. The highest BCUT2D eigenvalue weighted by Gasteiger charge is 2.25. The van der Waals surface area contributed by atoms with Crippen LogP contribution >= 0.6 is 11.6 Å². The minimum atomic E-state index is -0.0676. The summed E-state index contributed by atoms with van der Waals surface area (Å²) >= 11 is 6.44. The molecule has 1 aliphatic heterocycles. The Morgan fingerprint density at radius 1 is 1.09 bits per heavy atom. The first kappa shape index (κ1) is 24.1. The predicted molar refractivity (Wildman–Crippen MR) is 127 cm³/mol. The van der Waals surface area contributed by atoms with Crippen LogP contribution in [0.1, 0.15) is 55.5 Å². The quantitative estimate of drug-likeness (QED) is 0.603. The smallest absolute Gasteiger partial charge is 0.254 e. The van der Waals surface area contributed by atoms with Gasteiger partial charge in [0.05, 0.1) is 18.7 Å². The van der Waals surface area contributed by atoms with E-state index in [1.165, 1.54) is 0 Å². The van der Waals surface area contributed by atoms with E-state index in [4.69, 9.17) is 26.1 Å². The molecule has 2 aromatic rings. The van der Waals surface area contributed by atoms with Crippen LogP contribution in [0.25, 0.3) is 0 Å². The monoisotopic (exact) mass is 460 g/mol. The number of halogens is 1. The number of aryl methyl sites for hydroxylation is 1. The van der Waals surface area contributed by atoms with Crippen LogP contribution in [0, 0.1) is 12.8 Å². The van der Waals surface area contributed by atoms with Crippen molar-refractivity contribution in [2.75, 3.05) is 44.8 Å². The first-order valence-electron chi connectivity index (χ1n) is 11.1. The number of carbonyl (C=O) groups excluding carboxylic acids is 1. The molecule has 0 atom stereocenters. The molecule has 0 unspecified atom stereocenters. The Bertz CT molecular complexity index is 957. The van der Waals surface area contributed by atoms with Gasteiger partial charge >= 0.3 is 0 Å². The Hall–Kier alpha value is -2.54. The van der Waals surface area contributed by atoms with Crippen molar-refractivity contribution in [2.24, 2.45) is 5.92 Å². The van der Waals surface area contributed by atoms with Gasteiger partial charge in [-0.25, -0.2) is 9.97 Å². The highest BCUT2D eigenvalue weighted by molar-refractivity contribution is 6.32. The zero-order chi connectivity index (χ0) is 23.4. The summed E-state index contributed by atoms with van der Waals surface area (Å²) < 4.78 is 11.2. The molecule has 1 amide bonds. The lowest BCUT2D eigenvalue weighted by Gasteiger charge is -2.35. The van der Waals surface area contributed by atoms with E-state index in [0.717, 1.165) is 17.3 Å². The summed E-state index contributed by atoms with van der Waals surface area (Å²) in [5.41, 5.74) is 1.45. The van der Waals surface area contributed by atoms with Crippen molar-refractivity contribution in [3.8, 4) is 11.5 Å². The summed E-state index contributed by atoms with van der Waals surface area (Å²) in [6.07, 6.45) is 0. The summed E-state index contributed by atoms with van der Waals surface area (Å²) in [6, 6.07) is 5.37. The van der Waals surface area contributed by atoms with Gasteiger partial charge in [-0.15, -0.1) is 0 Å². The zero-order valence-corrected chi connectivity index (χ0v) is 20.6. The number of piperazine rings is 1. The average Bonchev–Trinajstić information content (AvgIpc) is 2.76. The lowest BCUT2D eigenvalue weighted by molar-refractivity contribution is 0.0746. The standard InChI is InChI=1S/C24H33ClN4O3/c1-15(2)14-32-22-19(25)12-18(13-20(22)31-6)24(30)29-9-7-28(8-10-29)21-11-17(5)26-23(27-21)16(3)4/h11-13,15-16H,7-10,14H2,1-6H3. The van der Waals surface area contributed by atoms with Crippen molar-refractivity contribution < 1.29 is 14.3 Å². The second-order valence-corrected chi connectivity index (χ2v) is 9.26. The molecule has 1 fully saturated rings. The fraction of sp³-hybridized carbons (Fsp3) is 0.542. The molecule has 1 aromatic carbocycles. The van der Waals surface area contributed by atoms with Crippen LogP contribution in [-0.4, -0.2) is 60.7 Å². The molecule has 1 aliphatic rings. The summed E-state index contributed by atoms with van der Waals surface area (Å²) in [6.45, 7) is 13.4. The Morgan fingerprint density at radius 3 is 2.38 bits per heavy atom. The van der Waals surface area contributed by atoms with E-state index < -0.39 is 0 Å². The Balaban J connectivity index is 1.71. The number of carbonyl (C=O) groups is 1. The molecule has 32 heavy (non-hydrogen) atoms. The van der Waals surface area contributed by atoms with Crippen molar-refractivity contribution in [3.63, 3.8) is 0 Å². The van der Waals surface area contributed by atoms with Crippen molar-refractivity contribution in [3.05, 3.63) is 40.3 Å². The maximum absolute atomic E-state index is 13.2. The van der Waals surface area contributed by atoms with Crippen LogP contribution in [-0.2, 0) is 0 Å². The van der Waals surface area contributed by atoms with Crippen LogP contribution in [0.5, 0.6) is 11.5 Å². The van der Waals surface area contributed by atoms with Gasteiger partial charge in [0, 0.05) is 49.4 Å². The number of hydrogen-bond donors (Lipinski definition) is 0. The molecule has 174 valence electrons. The number of nitrogens with zero attached hydrogens (tertiary/aromatic N) is 4. The fourth-order valence-corrected chi connectivity index (χ4v) is 3.81. The largest absolute Gasteiger partial charge is 0.493 e. The Morgan fingerprint density at radius 2 is 1.78 bits per heavy atom. The molecule has 3 rings (SSSR count). The number of aromatic nitrogens is 2. The van der Waals surface area contributed by atoms with Gasteiger partial charge < -0.3 is 19.3 Å². The molecule has 1 aromatic heterocycles. The van der Waals surface area contributed by atoms with E-state index in [-0.39, 0.29) is 11.8 Å². The molecule has 0 spiro atoms. The fourth-order valence-electron chi connectivity index (χ4n) is 3.55. The number of rotatable bonds is 7. The first-order chi connectivity index (χ1) is 15.2. The molecule has 0 radical (unpaired) electrons. The molecule has 0 N–H and O–H groups in total. The third-order valence-electron chi connectivity index (χ3n) is 5.30. The number of ether oxygens (including phenoxy) is 2. The Kier molecular flexibility index (Phi) is 7.82. The van der Waals surface area contributed by atoms with Crippen molar-refractivity contribution in [1.82, 2.24) is 14.9 Å². The van der Waals surface area contributed by atoms with Crippen LogP contribution in [0.2, 0.25) is 5.02 Å². The average molecular weight is 461 g/mol. The molecule has 0 bridgehead atoms. The number of methoxy groups -OCH3 is 1. The summed E-state index contributed by atoms with van der Waals surface area (Å²) in [5.74, 6) is 3.27. The van der Waals surface area contributed by atoms with E-state index in [1.807, 2.05) is 17.9 Å². The van der Waals surface area contributed by atoms with Gasteiger partial charge in [-0.1, -0.05) is 39.3 Å². The second kappa shape index (κ2) is 10.4. The predicted octanol–water partition coefficient (Wildman–Crippen LogP) is 4.57. The van der Waals surface area contributed by atoms with Gasteiger partial charge in [-0.05, 0) is 25.0 Å². The van der Waals surface area contributed by atoms with Gasteiger partial charge in [-0.3, -0.25) is 4.79 Å². The molecule has 0 saturated carbocycles. The lowest BCUT2D eigenvalue weighted by Crippen LogP contribution is -2.49. The van der Waals surface area contributed by atoms with E-state index in [1.54, 1.807) is 19.2 Å². The number of anilines is 1. The van der Waals surface area contributed by atoms with Crippen molar-refractivity contribution in [2.45, 2.75) is 40.5 Å². The maximum atomic E-state index is 13.2. The minimum Gasteiger partial charge on any atom is -0.493 e. The van der Waals surface area contributed by atoms with Gasteiger partial charge in [0.1, 0.15) is 11.6 Å². The normalized spacial score (nSPS) is 14.3. The topological polar surface area (TPSA) is 67.8 Å². The highest BCUT2D eigenvalue weighted by Crippen LogP contribution is 2.37. The van der Waals surface area contributed by atoms with Crippen molar-refractivity contribution in [1.29, 1.82) is 0 Å². The van der Waals surface area contributed by atoms with E-state index in [9.17, 15) is 4.79 Å². The molecule has 0 aliphatic carbocycles. The zero-order valence-electron chi connectivity index (χ0n) is 19.8. The number of hydrogen-bond acceptors (Lipinski definition) is 6. The number of amides is 1. The third-order valence-corrected chi connectivity index (χ3v) is 5.58. The van der Waals surface area contributed by atoms with Gasteiger partial charge in [0.25, 0.3) is 5.91 Å². The molecule has 7 nitrogen and oxygen atoms in total.